The van der Waals surface area contributed by atoms with Gasteiger partial charge in [0.15, 0.2) is 0 Å². The zero-order chi connectivity index (χ0) is 21.2. The summed E-state index contributed by atoms with van der Waals surface area (Å²) in [6.45, 7) is 6.83. The van der Waals surface area contributed by atoms with E-state index in [1.54, 1.807) is 19.1 Å². The smallest absolute Gasteiger partial charge is 0.350 e. The monoisotopic (exact) mass is 410 g/mol. The minimum Gasteiger partial charge on any atom is -0.350 e. The summed E-state index contributed by atoms with van der Waals surface area (Å²) >= 11 is 5.39. The van der Waals surface area contributed by atoms with E-state index in [0.717, 1.165) is 23.8 Å². The van der Waals surface area contributed by atoms with E-state index in [2.05, 4.69) is 10.6 Å². The van der Waals surface area contributed by atoms with Crippen LogP contribution in [-0.4, -0.2) is 28.8 Å². The Bertz CT molecular complexity index is 886. The summed E-state index contributed by atoms with van der Waals surface area (Å²) < 4.78 is 38.4. The van der Waals surface area contributed by atoms with Crippen LogP contribution in [0, 0.1) is 6.92 Å². The highest BCUT2D eigenvalue weighted by atomic mass is 32.1. The molecule has 1 aromatic carbocycles. The summed E-state index contributed by atoms with van der Waals surface area (Å²) in [6, 6.07) is 2.16. The zero-order valence-corrected chi connectivity index (χ0v) is 16.7. The lowest BCUT2D eigenvalue weighted by Gasteiger charge is -2.26. The van der Waals surface area contributed by atoms with Crippen LogP contribution in [-0.2, 0) is 11.0 Å². The van der Waals surface area contributed by atoms with E-state index in [9.17, 15) is 22.8 Å². The number of halogens is 3. The van der Waals surface area contributed by atoms with Crippen molar-refractivity contribution in [2.45, 2.75) is 46.0 Å². The summed E-state index contributed by atoms with van der Waals surface area (Å²) in [5, 5.41) is 5.47. The second-order valence-electron chi connectivity index (χ2n) is 6.92. The fourth-order valence-electron chi connectivity index (χ4n) is 2.77. The average molecular weight is 410 g/mol. The molecule has 0 radical (unpaired) electrons. The number of allylic oxidation sites excluding steroid dienone is 2. The van der Waals surface area contributed by atoms with Gasteiger partial charge >= 0.3 is 6.18 Å². The van der Waals surface area contributed by atoms with Crippen molar-refractivity contribution in [1.29, 1.82) is 0 Å². The minimum absolute atomic E-state index is 0.0777. The summed E-state index contributed by atoms with van der Waals surface area (Å²) in [5.74, 6) is -0.898. The van der Waals surface area contributed by atoms with Gasteiger partial charge in [0.1, 0.15) is 0 Å². The van der Waals surface area contributed by atoms with Crippen LogP contribution in [0.5, 0.6) is 0 Å². The largest absolute Gasteiger partial charge is 0.416 e. The molecule has 0 saturated carbocycles. The molecule has 1 aliphatic rings. The summed E-state index contributed by atoms with van der Waals surface area (Å²) in [7, 11) is 0. The quantitative estimate of drug-likeness (QED) is 0.741. The molecule has 1 unspecified atom stereocenters. The second-order valence-corrected chi connectivity index (χ2v) is 7.36. The van der Waals surface area contributed by atoms with Gasteiger partial charge in [-0.25, -0.2) is 0 Å². The van der Waals surface area contributed by atoms with Crippen LogP contribution in [0.2, 0.25) is 0 Å². The van der Waals surface area contributed by atoms with Crippen LogP contribution in [0.3, 0.4) is 0 Å². The highest BCUT2D eigenvalue weighted by Gasteiger charge is 2.32. The molecule has 2 rings (SSSR count). The Balaban J connectivity index is 2.22. The molecular weight excluding hydrogens is 389 g/mol. The van der Waals surface area contributed by atoms with Crippen LogP contribution >= 0.6 is 12.2 Å². The third-order valence-corrected chi connectivity index (χ3v) is 4.69. The van der Waals surface area contributed by atoms with E-state index in [1.807, 2.05) is 13.8 Å². The highest BCUT2D eigenvalue weighted by molar-refractivity contribution is 7.81. The molecule has 4 nitrogen and oxygen atoms in total. The third kappa shape index (κ3) is 4.86. The number of rotatable bonds is 4. The number of alkyl halides is 3. The molecule has 0 aromatic heterocycles. The van der Waals surface area contributed by atoms with Crippen molar-refractivity contribution < 1.29 is 22.8 Å². The first-order valence-electron chi connectivity index (χ1n) is 8.64. The van der Waals surface area contributed by atoms with Crippen LogP contribution in [0.1, 0.15) is 42.3 Å². The molecule has 1 aromatic rings. The predicted molar refractivity (Wildman–Crippen MR) is 105 cm³/mol. The molecule has 8 heteroatoms. The molecular formula is C20H21F3N2O2S. The Morgan fingerprint density at radius 1 is 1.11 bits per heavy atom. The fourth-order valence-corrected chi connectivity index (χ4v) is 3.17. The Morgan fingerprint density at radius 3 is 2.29 bits per heavy atom. The molecule has 0 bridgehead atoms. The molecule has 0 saturated heterocycles. The molecule has 150 valence electrons. The van der Waals surface area contributed by atoms with Gasteiger partial charge in [-0.15, -0.1) is 0 Å². The Labute approximate surface area is 166 Å². The average Bonchev–Trinajstić information content (AvgIpc) is 2.56. The summed E-state index contributed by atoms with van der Waals surface area (Å²) in [6.07, 6.45) is -1.19. The van der Waals surface area contributed by atoms with Crippen LogP contribution < -0.4 is 10.6 Å². The van der Waals surface area contributed by atoms with Gasteiger partial charge in [0, 0.05) is 11.6 Å². The first-order valence-corrected chi connectivity index (χ1v) is 9.05. The molecule has 1 aliphatic carbocycles. The molecule has 0 fully saturated rings. The van der Waals surface area contributed by atoms with Gasteiger partial charge in [0.25, 0.3) is 11.8 Å². The van der Waals surface area contributed by atoms with E-state index in [-0.39, 0.29) is 33.5 Å². The van der Waals surface area contributed by atoms with E-state index < -0.39 is 23.7 Å². The number of carbonyl (C=O) groups excluding carboxylic acids is 2. The first-order chi connectivity index (χ1) is 12.9. The summed E-state index contributed by atoms with van der Waals surface area (Å²) in [5.41, 5.74) is 0.504. The maximum atomic E-state index is 12.8. The molecule has 2 N–H and O–H groups in total. The number of benzene rings is 1. The van der Waals surface area contributed by atoms with Crippen molar-refractivity contribution in [3.8, 4) is 0 Å². The van der Waals surface area contributed by atoms with E-state index in [4.69, 9.17) is 12.2 Å². The van der Waals surface area contributed by atoms with Crippen molar-refractivity contribution in [3.05, 3.63) is 58.2 Å². The van der Waals surface area contributed by atoms with Crippen LogP contribution in [0.15, 0.2) is 41.5 Å². The molecule has 0 aliphatic heterocycles. The fraction of sp³-hybridized carbons (Fsp3) is 0.350. The molecule has 1 atom stereocenters. The number of nitrogens with one attached hydrogen (secondary N) is 2. The molecule has 0 spiro atoms. The molecule has 2 amide bonds. The SMILES string of the molecule is CC1=CC=C(C(=O)NC(C)C)C(=S)C1NC(=O)c1ccc(C(F)(F)F)cc1C. The zero-order valence-electron chi connectivity index (χ0n) is 15.9. The summed E-state index contributed by atoms with van der Waals surface area (Å²) in [4.78, 5) is 25.2. The van der Waals surface area contributed by atoms with Crippen LogP contribution in [0.4, 0.5) is 13.2 Å². The van der Waals surface area contributed by atoms with Crippen molar-refractivity contribution in [2.75, 3.05) is 0 Å². The van der Waals surface area contributed by atoms with Gasteiger partial charge in [-0.05, 0) is 63.1 Å². The number of carbonyl (C=O) groups is 2. The third-order valence-electron chi connectivity index (χ3n) is 4.23. The number of thiocarbonyl (C=S) groups is 1. The van der Waals surface area contributed by atoms with E-state index >= 15 is 0 Å². The van der Waals surface area contributed by atoms with Gasteiger partial charge < -0.3 is 10.6 Å². The van der Waals surface area contributed by atoms with Gasteiger partial charge in [-0.3, -0.25) is 9.59 Å². The lowest BCUT2D eigenvalue weighted by Crippen LogP contribution is -2.46. The van der Waals surface area contributed by atoms with E-state index in [0.29, 0.717) is 0 Å². The number of amides is 2. The number of hydrogen-bond donors (Lipinski definition) is 2. The van der Waals surface area contributed by atoms with Crippen LogP contribution in [0.25, 0.3) is 0 Å². The van der Waals surface area contributed by atoms with Gasteiger partial charge in [0.05, 0.1) is 22.0 Å². The van der Waals surface area contributed by atoms with Crippen molar-refractivity contribution >= 4 is 28.9 Å². The Morgan fingerprint density at radius 2 is 1.75 bits per heavy atom. The Kier molecular flexibility index (Phi) is 6.44. The number of aryl methyl sites for hydroxylation is 1. The lowest BCUT2D eigenvalue weighted by atomic mass is 9.92. The highest BCUT2D eigenvalue weighted by Crippen LogP contribution is 2.30. The number of hydrogen-bond acceptors (Lipinski definition) is 3. The predicted octanol–water partition coefficient (Wildman–Crippen LogP) is 3.89. The van der Waals surface area contributed by atoms with Crippen molar-refractivity contribution in [3.63, 3.8) is 0 Å². The standard InChI is InChI=1S/C20H21F3N2O2S/c1-10(2)24-19(27)15-7-5-11(3)16(17(15)28)25-18(26)14-8-6-13(9-12(14)4)20(21,22)23/h5-10,16H,1-4H3,(H,24,27)(H,25,26). The topological polar surface area (TPSA) is 58.2 Å². The normalized spacial score (nSPS) is 17.1. The lowest BCUT2D eigenvalue weighted by molar-refractivity contribution is -0.137. The van der Waals surface area contributed by atoms with E-state index in [1.165, 1.54) is 6.92 Å². The first kappa shape index (κ1) is 21.8. The maximum Gasteiger partial charge on any atom is 0.416 e. The Hall–Kier alpha value is -2.48. The molecule has 0 heterocycles. The maximum absolute atomic E-state index is 12.8. The van der Waals surface area contributed by atoms with Crippen molar-refractivity contribution in [1.82, 2.24) is 10.6 Å². The minimum atomic E-state index is -4.48. The van der Waals surface area contributed by atoms with Crippen molar-refractivity contribution in [2.24, 2.45) is 0 Å². The second kappa shape index (κ2) is 8.26. The molecule has 28 heavy (non-hydrogen) atoms. The van der Waals surface area contributed by atoms with Gasteiger partial charge in [-0.1, -0.05) is 18.3 Å². The van der Waals surface area contributed by atoms with Gasteiger partial charge in [0.2, 0.25) is 0 Å². The van der Waals surface area contributed by atoms with Gasteiger partial charge in [-0.2, -0.15) is 13.2 Å².